The summed E-state index contributed by atoms with van der Waals surface area (Å²) < 4.78 is 40.2. The number of benzene rings is 5. The molecule has 278 valence electrons. The highest BCUT2D eigenvalue weighted by Gasteiger charge is 2.40. The maximum atomic E-state index is 13.7. The van der Waals surface area contributed by atoms with Gasteiger partial charge in [-0.15, -0.1) is 0 Å². The summed E-state index contributed by atoms with van der Waals surface area (Å²) in [6.07, 6.45) is 0.475. The monoisotopic (exact) mass is 769 g/mol. The standard InChI is InChI=1S/C43H48ClNO6SSi/c1-43(2,3)53(4,5)51-41(35-17-12-18-36(44)27-35)30-45(29-33-13-8-6-9-14-33)26-25-32-19-21-37(22-20-32)52(48,49)38-23-24-40(39(28-38)42(46)47)50-31-34-15-10-7-11-16-34/h6-24,27-28,41H,25-26,29-31H2,1-5H3,(H,46,47)/t41-/m0/s1. The average Bonchev–Trinajstić information content (AvgIpc) is 3.13. The summed E-state index contributed by atoms with van der Waals surface area (Å²) in [5, 5.41) is 10.6. The molecule has 0 unspecified atom stereocenters. The second-order valence-corrected chi connectivity index (χ2v) is 21.9. The van der Waals surface area contributed by atoms with Crippen LogP contribution in [0.2, 0.25) is 23.2 Å². The lowest BCUT2D eigenvalue weighted by atomic mass is 10.1. The number of rotatable bonds is 16. The lowest BCUT2D eigenvalue weighted by Crippen LogP contribution is -2.44. The predicted octanol–water partition coefficient (Wildman–Crippen LogP) is 10.3. The number of halogens is 1. The molecule has 0 amide bonds. The zero-order valence-electron chi connectivity index (χ0n) is 31.0. The predicted molar refractivity (Wildman–Crippen MR) is 214 cm³/mol. The number of hydrogen-bond donors (Lipinski definition) is 1. The summed E-state index contributed by atoms with van der Waals surface area (Å²) >= 11 is 6.47. The molecule has 0 saturated heterocycles. The zero-order valence-corrected chi connectivity index (χ0v) is 33.5. The third-order valence-corrected chi connectivity index (χ3v) is 16.3. The van der Waals surface area contributed by atoms with Crippen molar-refractivity contribution < 1.29 is 27.5 Å². The highest BCUT2D eigenvalue weighted by atomic mass is 35.5. The van der Waals surface area contributed by atoms with Gasteiger partial charge in [0, 0.05) is 24.7 Å². The van der Waals surface area contributed by atoms with Crippen LogP contribution in [0, 0.1) is 0 Å². The van der Waals surface area contributed by atoms with Crippen molar-refractivity contribution in [3.05, 3.63) is 160 Å². The Morgan fingerprint density at radius 1 is 0.792 bits per heavy atom. The fraction of sp³-hybridized carbons (Fsp3) is 0.279. The highest BCUT2D eigenvalue weighted by Crippen LogP contribution is 2.40. The van der Waals surface area contributed by atoms with Crippen LogP contribution < -0.4 is 4.74 Å². The van der Waals surface area contributed by atoms with Gasteiger partial charge in [-0.2, -0.15) is 0 Å². The van der Waals surface area contributed by atoms with Gasteiger partial charge in [0.2, 0.25) is 9.84 Å². The molecule has 5 aromatic carbocycles. The summed E-state index contributed by atoms with van der Waals surface area (Å²) in [6, 6.07) is 38.3. The second-order valence-electron chi connectivity index (χ2n) is 14.8. The molecule has 0 radical (unpaired) electrons. The van der Waals surface area contributed by atoms with E-state index in [0.29, 0.717) is 31.1 Å². The van der Waals surface area contributed by atoms with Crippen molar-refractivity contribution >= 4 is 35.7 Å². The Bertz CT molecular complexity index is 2090. The number of ether oxygens (including phenoxy) is 1. The Morgan fingerprint density at radius 3 is 2.02 bits per heavy atom. The van der Waals surface area contributed by atoms with E-state index < -0.39 is 24.1 Å². The van der Waals surface area contributed by atoms with Crippen molar-refractivity contribution in [3.8, 4) is 5.75 Å². The Balaban J connectivity index is 1.34. The van der Waals surface area contributed by atoms with Crippen LogP contribution in [0.4, 0.5) is 0 Å². The molecule has 0 spiro atoms. The molecule has 7 nitrogen and oxygen atoms in total. The molecule has 0 aromatic heterocycles. The van der Waals surface area contributed by atoms with Gasteiger partial charge in [0.15, 0.2) is 8.32 Å². The molecule has 0 aliphatic carbocycles. The first-order chi connectivity index (χ1) is 25.1. The summed E-state index contributed by atoms with van der Waals surface area (Å²) in [7, 11) is -6.16. The van der Waals surface area contributed by atoms with Crippen LogP contribution in [-0.2, 0) is 33.8 Å². The summed E-state index contributed by atoms with van der Waals surface area (Å²) in [5.41, 5.74) is 3.84. The molecule has 0 bridgehead atoms. The van der Waals surface area contributed by atoms with Crippen molar-refractivity contribution in [2.45, 2.75) is 74.4 Å². The molecular weight excluding hydrogens is 722 g/mol. The molecule has 0 heterocycles. The lowest BCUT2D eigenvalue weighted by molar-refractivity contribution is 0.0691. The fourth-order valence-electron chi connectivity index (χ4n) is 5.72. The van der Waals surface area contributed by atoms with E-state index in [1.54, 1.807) is 12.1 Å². The molecule has 5 rings (SSSR count). The van der Waals surface area contributed by atoms with Gasteiger partial charge in [-0.25, -0.2) is 13.2 Å². The van der Waals surface area contributed by atoms with Gasteiger partial charge < -0.3 is 14.3 Å². The first-order valence-electron chi connectivity index (χ1n) is 17.7. The maximum absolute atomic E-state index is 13.7. The van der Waals surface area contributed by atoms with Crippen LogP contribution in [0.15, 0.2) is 137 Å². The average molecular weight is 770 g/mol. The fourth-order valence-corrected chi connectivity index (χ4v) is 8.49. The first kappa shape index (κ1) is 39.9. The number of carboxylic acids is 1. The molecule has 0 aliphatic heterocycles. The van der Waals surface area contributed by atoms with Crippen LogP contribution in [0.1, 0.15) is 59.5 Å². The lowest BCUT2D eigenvalue weighted by Gasteiger charge is -2.41. The minimum Gasteiger partial charge on any atom is -0.488 e. The van der Waals surface area contributed by atoms with Gasteiger partial charge in [0.25, 0.3) is 0 Å². The third kappa shape index (κ3) is 10.7. The Hall–Kier alpha value is -4.25. The van der Waals surface area contributed by atoms with Crippen LogP contribution in [0.25, 0.3) is 0 Å². The molecule has 1 atom stereocenters. The number of carbonyl (C=O) groups is 1. The maximum Gasteiger partial charge on any atom is 0.339 e. The van der Waals surface area contributed by atoms with Gasteiger partial charge in [0.1, 0.15) is 17.9 Å². The van der Waals surface area contributed by atoms with Gasteiger partial charge in [-0.3, -0.25) is 4.90 Å². The van der Waals surface area contributed by atoms with E-state index in [4.69, 9.17) is 20.8 Å². The molecule has 5 aromatic rings. The van der Waals surface area contributed by atoms with Gasteiger partial charge in [-0.1, -0.05) is 117 Å². The van der Waals surface area contributed by atoms with Crippen LogP contribution >= 0.6 is 11.6 Å². The molecule has 0 fully saturated rings. The van der Waals surface area contributed by atoms with Crippen molar-refractivity contribution in [2.24, 2.45) is 0 Å². The van der Waals surface area contributed by atoms with Crippen molar-refractivity contribution in [1.82, 2.24) is 4.90 Å². The minimum atomic E-state index is -4.00. The third-order valence-electron chi connectivity index (χ3n) is 9.82. The topological polar surface area (TPSA) is 93.1 Å². The molecule has 10 heteroatoms. The minimum absolute atomic E-state index is 0.0174. The number of carboxylic acid groups (broad SMARTS) is 1. The first-order valence-corrected chi connectivity index (χ1v) is 22.5. The summed E-state index contributed by atoms with van der Waals surface area (Å²) in [5.74, 6) is -1.17. The highest BCUT2D eigenvalue weighted by molar-refractivity contribution is 7.91. The van der Waals surface area contributed by atoms with E-state index in [0.717, 1.165) is 22.8 Å². The van der Waals surface area contributed by atoms with Crippen molar-refractivity contribution in [3.63, 3.8) is 0 Å². The van der Waals surface area contributed by atoms with Gasteiger partial charge >= 0.3 is 5.97 Å². The molecular formula is C43H48ClNO6SSi. The van der Waals surface area contributed by atoms with Crippen LogP contribution in [0.5, 0.6) is 5.75 Å². The van der Waals surface area contributed by atoms with Gasteiger partial charge in [-0.05, 0) is 89.3 Å². The quantitative estimate of drug-likeness (QED) is 0.0999. The van der Waals surface area contributed by atoms with E-state index in [2.05, 4.69) is 57.0 Å². The Morgan fingerprint density at radius 2 is 1.42 bits per heavy atom. The number of hydrogen-bond acceptors (Lipinski definition) is 6. The van der Waals surface area contributed by atoms with E-state index in [-0.39, 0.29) is 38.9 Å². The Kier molecular flexibility index (Phi) is 13.0. The van der Waals surface area contributed by atoms with Crippen LogP contribution in [0.3, 0.4) is 0 Å². The van der Waals surface area contributed by atoms with E-state index in [9.17, 15) is 18.3 Å². The van der Waals surface area contributed by atoms with E-state index >= 15 is 0 Å². The Labute approximate surface area is 320 Å². The van der Waals surface area contributed by atoms with E-state index in [1.165, 1.54) is 17.7 Å². The largest absolute Gasteiger partial charge is 0.488 e. The SMILES string of the molecule is CC(C)(C)[Si](C)(C)O[C@@H](CN(CCc1ccc(S(=O)(=O)c2ccc(OCc3ccccc3)c(C(=O)O)c2)cc1)Cc1ccccc1)c1cccc(Cl)c1. The number of sulfone groups is 1. The van der Waals surface area contributed by atoms with E-state index in [1.807, 2.05) is 78.9 Å². The summed E-state index contributed by atoms with van der Waals surface area (Å²) in [6.45, 7) is 13.4. The molecule has 0 saturated carbocycles. The van der Waals surface area contributed by atoms with Crippen LogP contribution in [-0.4, -0.2) is 45.8 Å². The normalized spacial score (nSPS) is 12.8. The summed E-state index contributed by atoms with van der Waals surface area (Å²) in [4.78, 5) is 14.5. The second kappa shape index (κ2) is 17.3. The number of aromatic carboxylic acids is 1. The van der Waals surface area contributed by atoms with Gasteiger partial charge in [0.05, 0.1) is 15.9 Å². The molecule has 1 N–H and O–H groups in total. The molecule has 0 aliphatic rings. The zero-order chi connectivity index (χ0) is 38.2. The van der Waals surface area contributed by atoms with Crippen molar-refractivity contribution in [2.75, 3.05) is 13.1 Å². The molecule has 53 heavy (non-hydrogen) atoms. The smallest absolute Gasteiger partial charge is 0.339 e. The number of nitrogens with zero attached hydrogens (tertiary/aromatic N) is 1. The van der Waals surface area contributed by atoms with Crippen molar-refractivity contribution in [1.29, 1.82) is 0 Å².